The monoisotopic (exact) mass is 274 g/mol. The lowest BCUT2D eigenvalue weighted by atomic mass is 9.98. The van der Waals surface area contributed by atoms with E-state index < -0.39 is 6.29 Å². The van der Waals surface area contributed by atoms with Gasteiger partial charge in [-0.15, -0.1) is 0 Å². The van der Waals surface area contributed by atoms with Gasteiger partial charge < -0.3 is 9.47 Å². The van der Waals surface area contributed by atoms with Gasteiger partial charge in [-0.1, -0.05) is 42.5 Å². The Balaban J connectivity index is 2.42. The zero-order valence-corrected chi connectivity index (χ0v) is 12.0. The first-order valence-corrected chi connectivity index (χ1v) is 6.98. The van der Waals surface area contributed by atoms with Crippen molar-refractivity contribution in [3.8, 4) is 0 Å². The van der Waals surface area contributed by atoms with Crippen LogP contribution in [0.5, 0.6) is 0 Å². The third-order valence-corrected chi connectivity index (χ3v) is 3.27. The van der Waals surface area contributed by atoms with Crippen molar-refractivity contribution >= 4 is 10.8 Å². The SMILES string of the molecule is CCOC(OCC)C(NN)c1cccc2ccccc12. The molecule has 0 amide bonds. The Kier molecular flexibility index (Phi) is 5.49. The van der Waals surface area contributed by atoms with Gasteiger partial charge in [-0.05, 0) is 30.2 Å². The van der Waals surface area contributed by atoms with E-state index in [-0.39, 0.29) is 6.04 Å². The van der Waals surface area contributed by atoms with Crippen molar-refractivity contribution in [3.05, 3.63) is 48.0 Å². The van der Waals surface area contributed by atoms with Gasteiger partial charge in [0, 0.05) is 13.2 Å². The van der Waals surface area contributed by atoms with Crippen LogP contribution in [0.15, 0.2) is 42.5 Å². The molecular formula is C16H22N2O2. The van der Waals surface area contributed by atoms with Gasteiger partial charge in [-0.25, -0.2) is 5.43 Å². The Hall–Kier alpha value is -1.46. The van der Waals surface area contributed by atoms with Crippen LogP contribution in [0.2, 0.25) is 0 Å². The molecule has 0 spiro atoms. The van der Waals surface area contributed by atoms with Gasteiger partial charge in [0.15, 0.2) is 6.29 Å². The maximum Gasteiger partial charge on any atom is 0.178 e. The highest BCUT2D eigenvalue weighted by atomic mass is 16.7. The highest BCUT2D eigenvalue weighted by molar-refractivity contribution is 5.86. The van der Waals surface area contributed by atoms with E-state index in [1.807, 2.05) is 32.0 Å². The van der Waals surface area contributed by atoms with Crippen LogP contribution in [-0.2, 0) is 9.47 Å². The summed E-state index contributed by atoms with van der Waals surface area (Å²) in [6, 6.07) is 14.2. The lowest BCUT2D eigenvalue weighted by Gasteiger charge is -2.27. The fourth-order valence-electron chi connectivity index (χ4n) is 2.41. The summed E-state index contributed by atoms with van der Waals surface area (Å²) >= 11 is 0. The van der Waals surface area contributed by atoms with Crippen LogP contribution in [0.3, 0.4) is 0 Å². The van der Waals surface area contributed by atoms with Gasteiger partial charge in [0.2, 0.25) is 0 Å². The van der Waals surface area contributed by atoms with E-state index in [2.05, 4.69) is 29.7 Å². The van der Waals surface area contributed by atoms with Crippen LogP contribution in [0.1, 0.15) is 25.5 Å². The van der Waals surface area contributed by atoms with E-state index in [9.17, 15) is 0 Å². The molecule has 2 aromatic carbocycles. The molecule has 4 nitrogen and oxygen atoms in total. The molecule has 3 N–H and O–H groups in total. The topological polar surface area (TPSA) is 56.5 Å². The second kappa shape index (κ2) is 7.36. The average Bonchev–Trinajstić information content (AvgIpc) is 2.49. The quantitative estimate of drug-likeness (QED) is 0.463. The summed E-state index contributed by atoms with van der Waals surface area (Å²) in [5, 5.41) is 2.33. The Morgan fingerprint density at radius 1 is 1.00 bits per heavy atom. The van der Waals surface area contributed by atoms with Crippen LogP contribution in [0.25, 0.3) is 10.8 Å². The maximum atomic E-state index is 5.75. The van der Waals surface area contributed by atoms with Crippen molar-refractivity contribution in [2.75, 3.05) is 13.2 Å². The molecule has 0 aliphatic rings. The Bertz CT molecular complexity index is 533. The number of hydrogen-bond acceptors (Lipinski definition) is 4. The molecule has 0 radical (unpaired) electrons. The van der Waals surface area contributed by atoms with E-state index in [4.69, 9.17) is 15.3 Å². The second-order valence-corrected chi connectivity index (χ2v) is 4.49. The molecule has 0 heterocycles. The summed E-state index contributed by atoms with van der Waals surface area (Å²) in [6.07, 6.45) is -0.402. The lowest BCUT2D eigenvalue weighted by Crippen LogP contribution is -2.39. The molecular weight excluding hydrogens is 252 g/mol. The fraction of sp³-hybridized carbons (Fsp3) is 0.375. The van der Waals surface area contributed by atoms with E-state index in [1.165, 1.54) is 5.39 Å². The van der Waals surface area contributed by atoms with Crippen molar-refractivity contribution in [2.24, 2.45) is 5.84 Å². The van der Waals surface area contributed by atoms with Crippen LogP contribution in [0, 0.1) is 0 Å². The fourth-order valence-corrected chi connectivity index (χ4v) is 2.41. The molecule has 0 aliphatic carbocycles. The number of ether oxygens (including phenoxy) is 2. The van der Waals surface area contributed by atoms with E-state index in [1.54, 1.807) is 0 Å². The van der Waals surface area contributed by atoms with E-state index >= 15 is 0 Å². The first-order chi connectivity index (χ1) is 9.81. The van der Waals surface area contributed by atoms with Gasteiger partial charge in [-0.3, -0.25) is 5.84 Å². The van der Waals surface area contributed by atoms with Crippen LogP contribution < -0.4 is 11.3 Å². The summed E-state index contributed by atoms with van der Waals surface area (Å²) in [7, 11) is 0. The summed E-state index contributed by atoms with van der Waals surface area (Å²) in [5.74, 6) is 5.75. The molecule has 20 heavy (non-hydrogen) atoms. The normalized spacial score (nSPS) is 13.0. The predicted molar refractivity (Wildman–Crippen MR) is 81.1 cm³/mol. The molecule has 1 unspecified atom stereocenters. The summed E-state index contributed by atoms with van der Waals surface area (Å²) < 4.78 is 11.3. The number of rotatable bonds is 7. The van der Waals surface area contributed by atoms with E-state index in [0.29, 0.717) is 13.2 Å². The zero-order valence-electron chi connectivity index (χ0n) is 12.0. The minimum Gasteiger partial charge on any atom is -0.351 e. The van der Waals surface area contributed by atoms with Crippen LogP contribution in [0.4, 0.5) is 0 Å². The molecule has 4 heteroatoms. The lowest BCUT2D eigenvalue weighted by molar-refractivity contribution is -0.155. The van der Waals surface area contributed by atoms with E-state index in [0.717, 1.165) is 10.9 Å². The molecule has 0 aromatic heterocycles. The predicted octanol–water partition coefficient (Wildman–Crippen LogP) is 2.74. The highest BCUT2D eigenvalue weighted by Gasteiger charge is 2.24. The third kappa shape index (κ3) is 3.16. The summed E-state index contributed by atoms with van der Waals surface area (Å²) in [6.45, 7) is 5.05. The van der Waals surface area contributed by atoms with Gasteiger partial charge in [0.25, 0.3) is 0 Å². The van der Waals surface area contributed by atoms with Crippen LogP contribution in [-0.4, -0.2) is 19.5 Å². The van der Waals surface area contributed by atoms with Crippen LogP contribution >= 0.6 is 0 Å². The number of hydrazine groups is 1. The van der Waals surface area contributed by atoms with Gasteiger partial charge in [-0.2, -0.15) is 0 Å². The molecule has 2 rings (SSSR count). The molecule has 0 saturated carbocycles. The number of nitrogens with two attached hydrogens (primary N) is 1. The van der Waals surface area contributed by atoms with Crippen molar-refractivity contribution in [3.63, 3.8) is 0 Å². The molecule has 0 fully saturated rings. The standard InChI is InChI=1S/C16H22N2O2/c1-3-19-16(20-4-2)15(18-17)14-11-7-9-12-8-5-6-10-13(12)14/h5-11,15-16,18H,3-4,17H2,1-2H3. The Morgan fingerprint density at radius 3 is 2.30 bits per heavy atom. The largest absolute Gasteiger partial charge is 0.351 e. The molecule has 0 aliphatic heterocycles. The van der Waals surface area contributed by atoms with Gasteiger partial charge in [0.05, 0.1) is 6.04 Å². The molecule has 0 saturated heterocycles. The smallest absolute Gasteiger partial charge is 0.178 e. The third-order valence-electron chi connectivity index (χ3n) is 3.27. The number of hydrogen-bond donors (Lipinski definition) is 2. The molecule has 2 aromatic rings. The Morgan fingerprint density at radius 2 is 1.65 bits per heavy atom. The van der Waals surface area contributed by atoms with Crippen molar-refractivity contribution in [1.82, 2.24) is 5.43 Å². The second-order valence-electron chi connectivity index (χ2n) is 4.49. The molecule has 108 valence electrons. The average molecular weight is 274 g/mol. The van der Waals surface area contributed by atoms with Crippen molar-refractivity contribution in [1.29, 1.82) is 0 Å². The number of benzene rings is 2. The summed E-state index contributed by atoms with van der Waals surface area (Å²) in [5.41, 5.74) is 3.91. The molecule has 1 atom stereocenters. The van der Waals surface area contributed by atoms with Crippen molar-refractivity contribution < 1.29 is 9.47 Å². The summed E-state index contributed by atoms with van der Waals surface area (Å²) in [4.78, 5) is 0. The number of fused-ring (bicyclic) bond motifs is 1. The highest BCUT2D eigenvalue weighted by Crippen LogP contribution is 2.27. The first-order valence-electron chi connectivity index (χ1n) is 6.98. The minimum absolute atomic E-state index is 0.207. The Labute approximate surface area is 119 Å². The maximum absolute atomic E-state index is 5.75. The molecule has 0 bridgehead atoms. The first kappa shape index (κ1) is 14.9. The minimum atomic E-state index is -0.402. The number of nitrogens with one attached hydrogen (secondary N) is 1. The van der Waals surface area contributed by atoms with Crippen molar-refractivity contribution in [2.45, 2.75) is 26.2 Å². The zero-order chi connectivity index (χ0) is 14.4. The van der Waals surface area contributed by atoms with Gasteiger partial charge in [0.1, 0.15) is 0 Å². The van der Waals surface area contributed by atoms with Gasteiger partial charge >= 0.3 is 0 Å².